The Morgan fingerprint density at radius 3 is 2.70 bits per heavy atom. The van der Waals surface area contributed by atoms with Crippen LogP contribution in [0, 0.1) is 0 Å². The number of hydrogen-bond donors (Lipinski definition) is 1. The first kappa shape index (κ1) is 20.2. The lowest BCUT2D eigenvalue weighted by Crippen LogP contribution is -2.48. The van der Waals surface area contributed by atoms with Gasteiger partial charge >= 0.3 is 0 Å². The largest absolute Gasteiger partial charge is 0.473 e. The molecule has 0 aliphatic carbocycles. The Bertz CT molecular complexity index is 1060. The number of ether oxygens (including phenoxy) is 2. The summed E-state index contributed by atoms with van der Waals surface area (Å²) in [6.45, 7) is 4.56. The van der Waals surface area contributed by atoms with Gasteiger partial charge in [-0.2, -0.15) is 0 Å². The Morgan fingerprint density at radius 1 is 1.23 bits per heavy atom. The van der Waals surface area contributed by atoms with Crippen LogP contribution in [0.25, 0.3) is 22.3 Å². The fourth-order valence-electron chi connectivity index (χ4n) is 3.27. The van der Waals surface area contributed by atoms with Crippen molar-refractivity contribution in [2.24, 2.45) is 0 Å². The molecule has 30 heavy (non-hydrogen) atoms. The maximum Gasteiger partial charge on any atom is 0.255 e. The monoisotopic (exact) mass is 408 g/mol. The van der Waals surface area contributed by atoms with E-state index in [1.807, 2.05) is 30.3 Å². The zero-order valence-corrected chi connectivity index (χ0v) is 17.2. The smallest absolute Gasteiger partial charge is 0.255 e. The first-order valence-corrected chi connectivity index (χ1v) is 9.77. The molecule has 1 aromatic carbocycles. The molecule has 0 saturated carbocycles. The van der Waals surface area contributed by atoms with E-state index in [1.54, 1.807) is 38.2 Å². The lowest BCUT2D eigenvalue weighted by molar-refractivity contribution is -0.153. The van der Waals surface area contributed by atoms with Crippen molar-refractivity contribution in [3.8, 4) is 17.1 Å². The molecule has 1 N–H and O–H groups in total. The molecule has 1 unspecified atom stereocenters. The van der Waals surface area contributed by atoms with Crippen molar-refractivity contribution in [2.75, 3.05) is 26.8 Å². The van der Waals surface area contributed by atoms with Gasteiger partial charge in [-0.15, -0.1) is 0 Å². The molecular formula is C22H24N4O4. The van der Waals surface area contributed by atoms with E-state index >= 15 is 0 Å². The maximum absolute atomic E-state index is 12.3. The van der Waals surface area contributed by atoms with Gasteiger partial charge in [0.2, 0.25) is 5.88 Å². The molecule has 2 aromatic heterocycles. The molecule has 4 rings (SSSR count). The molecule has 3 aromatic rings. The number of morpholine rings is 1. The molecule has 1 aliphatic rings. The van der Waals surface area contributed by atoms with Crippen LogP contribution in [-0.2, 0) is 15.1 Å². The third kappa shape index (κ3) is 4.10. The van der Waals surface area contributed by atoms with Crippen LogP contribution in [0.3, 0.4) is 0 Å². The Kier molecular flexibility index (Phi) is 5.36. The number of hydrogen-bond acceptors (Lipinski definition) is 7. The van der Waals surface area contributed by atoms with Gasteiger partial charge in [-0.25, -0.2) is 9.97 Å². The number of nitrogens with zero attached hydrogens (tertiary/aromatic N) is 4. The second-order valence-electron chi connectivity index (χ2n) is 7.80. The van der Waals surface area contributed by atoms with Crippen LogP contribution in [-0.4, -0.2) is 63.8 Å². The number of pyridine rings is 1. The number of benzene rings is 1. The van der Waals surface area contributed by atoms with E-state index in [4.69, 9.17) is 9.47 Å². The van der Waals surface area contributed by atoms with Crippen LogP contribution >= 0.6 is 0 Å². The van der Waals surface area contributed by atoms with Gasteiger partial charge in [0.1, 0.15) is 6.61 Å². The molecule has 1 atom stereocenters. The second-order valence-corrected chi connectivity index (χ2v) is 7.80. The van der Waals surface area contributed by atoms with Crippen LogP contribution < -0.4 is 4.74 Å². The molecule has 0 bridgehead atoms. The fraction of sp³-hybridized carbons (Fsp3) is 0.364. The fourth-order valence-corrected chi connectivity index (χ4v) is 3.27. The van der Waals surface area contributed by atoms with Crippen LogP contribution in [0.5, 0.6) is 5.88 Å². The Balaban J connectivity index is 1.65. The van der Waals surface area contributed by atoms with Gasteiger partial charge in [0.05, 0.1) is 23.4 Å². The van der Waals surface area contributed by atoms with E-state index in [2.05, 4.69) is 15.0 Å². The summed E-state index contributed by atoms with van der Waals surface area (Å²) in [5.74, 6) is 0.182. The van der Waals surface area contributed by atoms with Gasteiger partial charge in [0.15, 0.2) is 11.6 Å². The first-order chi connectivity index (χ1) is 14.3. The highest BCUT2D eigenvalue weighted by molar-refractivity contribution is 5.84. The lowest BCUT2D eigenvalue weighted by atomic mass is 9.96. The number of fused-ring (bicyclic) bond motifs is 1. The van der Waals surface area contributed by atoms with Gasteiger partial charge in [0, 0.05) is 31.5 Å². The quantitative estimate of drug-likeness (QED) is 0.691. The predicted molar refractivity (Wildman–Crippen MR) is 111 cm³/mol. The summed E-state index contributed by atoms with van der Waals surface area (Å²) in [5.41, 5.74) is 2.55. The van der Waals surface area contributed by atoms with E-state index < -0.39 is 11.7 Å². The summed E-state index contributed by atoms with van der Waals surface area (Å²) >= 11 is 0. The van der Waals surface area contributed by atoms with Crippen molar-refractivity contribution < 1.29 is 19.4 Å². The van der Waals surface area contributed by atoms with Crippen molar-refractivity contribution in [1.29, 1.82) is 0 Å². The van der Waals surface area contributed by atoms with Crippen molar-refractivity contribution in [3.63, 3.8) is 0 Å². The van der Waals surface area contributed by atoms with Crippen molar-refractivity contribution in [1.82, 2.24) is 19.9 Å². The number of aromatic nitrogens is 3. The van der Waals surface area contributed by atoms with Crippen LogP contribution in [0.15, 0.2) is 42.7 Å². The number of carbonyl (C=O) groups excluding carboxylic acids is 1. The lowest BCUT2D eigenvalue weighted by Gasteiger charge is -2.29. The third-order valence-electron chi connectivity index (χ3n) is 5.08. The van der Waals surface area contributed by atoms with Crippen molar-refractivity contribution >= 4 is 16.9 Å². The zero-order chi connectivity index (χ0) is 21.3. The van der Waals surface area contributed by atoms with Gasteiger partial charge in [-0.05, 0) is 25.5 Å². The molecule has 1 amide bonds. The standard InChI is InChI=1S/C22H24N4O4/c1-22(2,28)15-6-4-14(5-7-15)16-12-17-19(24-9-8-23-17)20(25-16)30-13-18-21(27)26(3)10-11-29-18/h4-9,12,18,28H,10-11,13H2,1-3H3. The van der Waals surface area contributed by atoms with Crippen LogP contribution in [0.2, 0.25) is 0 Å². The molecule has 1 saturated heterocycles. The number of rotatable bonds is 5. The minimum atomic E-state index is -0.922. The molecule has 1 fully saturated rings. The van der Waals surface area contributed by atoms with Gasteiger partial charge < -0.3 is 19.5 Å². The van der Waals surface area contributed by atoms with E-state index in [-0.39, 0.29) is 12.5 Å². The molecule has 0 radical (unpaired) electrons. The van der Waals surface area contributed by atoms with Gasteiger partial charge in [0.25, 0.3) is 5.91 Å². The highest BCUT2D eigenvalue weighted by Crippen LogP contribution is 2.29. The summed E-state index contributed by atoms with van der Waals surface area (Å²) in [7, 11) is 1.74. The van der Waals surface area contributed by atoms with Crippen LogP contribution in [0.4, 0.5) is 0 Å². The SMILES string of the molecule is CN1CCOC(COc2nc(-c3ccc(C(C)(C)O)cc3)cc3nccnc23)C1=O. The van der Waals surface area contributed by atoms with Gasteiger partial charge in [-0.1, -0.05) is 24.3 Å². The second kappa shape index (κ2) is 7.97. The Morgan fingerprint density at radius 2 is 1.97 bits per heavy atom. The number of amides is 1. The summed E-state index contributed by atoms with van der Waals surface area (Å²) in [6, 6.07) is 9.35. The topological polar surface area (TPSA) is 97.7 Å². The number of carbonyl (C=O) groups is 1. The van der Waals surface area contributed by atoms with Gasteiger partial charge in [-0.3, -0.25) is 9.78 Å². The zero-order valence-electron chi connectivity index (χ0n) is 17.2. The predicted octanol–water partition coefficient (Wildman–Crippen LogP) is 2.16. The summed E-state index contributed by atoms with van der Waals surface area (Å²) in [6.07, 6.45) is 2.51. The maximum atomic E-state index is 12.3. The number of aliphatic hydroxyl groups is 1. The molecule has 0 spiro atoms. The Labute approximate surface area is 174 Å². The first-order valence-electron chi connectivity index (χ1n) is 9.77. The van der Waals surface area contributed by atoms with Crippen molar-refractivity contribution in [2.45, 2.75) is 25.6 Å². The summed E-state index contributed by atoms with van der Waals surface area (Å²) in [4.78, 5) is 27.2. The average molecular weight is 408 g/mol. The van der Waals surface area contributed by atoms with Crippen molar-refractivity contribution in [3.05, 3.63) is 48.3 Å². The molecule has 1 aliphatic heterocycles. The minimum absolute atomic E-state index is 0.0446. The molecular weight excluding hydrogens is 384 g/mol. The van der Waals surface area contributed by atoms with E-state index in [0.29, 0.717) is 35.8 Å². The summed E-state index contributed by atoms with van der Waals surface area (Å²) < 4.78 is 11.4. The molecule has 8 nitrogen and oxygen atoms in total. The molecule has 156 valence electrons. The molecule has 8 heteroatoms. The summed E-state index contributed by atoms with van der Waals surface area (Å²) in [5, 5.41) is 10.2. The van der Waals surface area contributed by atoms with E-state index in [9.17, 15) is 9.90 Å². The Hall–Kier alpha value is -3.10. The molecule has 3 heterocycles. The highest BCUT2D eigenvalue weighted by Gasteiger charge is 2.28. The van der Waals surface area contributed by atoms with Crippen LogP contribution in [0.1, 0.15) is 19.4 Å². The third-order valence-corrected chi connectivity index (χ3v) is 5.08. The highest BCUT2D eigenvalue weighted by atomic mass is 16.5. The van der Waals surface area contributed by atoms with E-state index in [1.165, 1.54) is 0 Å². The minimum Gasteiger partial charge on any atom is -0.473 e. The number of likely N-dealkylation sites (N-methyl/N-ethyl adjacent to an activating group) is 1. The van der Waals surface area contributed by atoms with E-state index in [0.717, 1.165) is 11.1 Å². The average Bonchev–Trinajstić information content (AvgIpc) is 2.74. The normalized spacial score (nSPS) is 17.4.